The highest BCUT2D eigenvalue weighted by Crippen LogP contribution is 2.29. The largest absolute Gasteiger partial charge is 0.416 e. The minimum absolute atomic E-state index is 0.111. The molecule has 1 nitrogen and oxygen atoms in total. The van der Waals surface area contributed by atoms with Crippen LogP contribution in [0.25, 0.3) is 0 Å². The van der Waals surface area contributed by atoms with Gasteiger partial charge in [-0.15, -0.1) is 0 Å². The highest BCUT2D eigenvalue weighted by Gasteiger charge is 2.30. The number of hydrogen-bond acceptors (Lipinski definition) is 1. The van der Waals surface area contributed by atoms with Crippen molar-refractivity contribution in [3.05, 3.63) is 35.4 Å². The van der Waals surface area contributed by atoms with Gasteiger partial charge in [0.05, 0.1) is 5.56 Å². The number of Topliss-reactive ketones (excluding diaryl/α,β-unsaturated/α-hetero) is 1. The van der Waals surface area contributed by atoms with Crippen LogP contribution in [0, 0.1) is 0 Å². The number of alkyl halides is 4. The molecule has 0 aromatic heterocycles. The second kappa shape index (κ2) is 6.19. The highest BCUT2D eigenvalue weighted by molar-refractivity contribution is 9.09. The molecule has 5 heteroatoms. The standard InChI is InChI=1S/C12H12BrF3O/c13-8-2-1-3-11(17)9-4-6-10(7-5-9)12(14,15)16/h4-7H,1-3,8H2. The summed E-state index contributed by atoms with van der Waals surface area (Å²) < 4.78 is 36.8. The van der Waals surface area contributed by atoms with E-state index in [1.807, 2.05) is 0 Å². The van der Waals surface area contributed by atoms with E-state index in [-0.39, 0.29) is 5.78 Å². The SMILES string of the molecule is O=C(CCCCBr)c1ccc(C(F)(F)F)cc1. The van der Waals surface area contributed by atoms with E-state index in [9.17, 15) is 18.0 Å². The minimum Gasteiger partial charge on any atom is -0.294 e. The van der Waals surface area contributed by atoms with Gasteiger partial charge in [-0.25, -0.2) is 0 Å². The van der Waals surface area contributed by atoms with E-state index in [1.54, 1.807) is 0 Å². The molecule has 94 valence electrons. The topological polar surface area (TPSA) is 17.1 Å². The zero-order valence-corrected chi connectivity index (χ0v) is 10.6. The van der Waals surface area contributed by atoms with Crippen molar-refractivity contribution < 1.29 is 18.0 Å². The van der Waals surface area contributed by atoms with Crippen molar-refractivity contribution in [3.63, 3.8) is 0 Å². The summed E-state index contributed by atoms with van der Waals surface area (Å²) in [6.07, 6.45) is -2.36. The number of hydrogen-bond donors (Lipinski definition) is 0. The van der Waals surface area contributed by atoms with Crippen LogP contribution in [0.15, 0.2) is 24.3 Å². The Labute approximate surface area is 106 Å². The monoisotopic (exact) mass is 308 g/mol. The fourth-order valence-electron chi connectivity index (χ4n) is 1.37. The average molecular weight is 309 g/mol. The molecule has 0 radical (unpaired) electrons. The second-order valence-electron chi connectivity index (χ2n) is 3.64. The summed E-state index contributed by atoms with van der Waals surface area (Å²) in [7, 11) is 0. The summed E-state index contributed by atoms with van der Waals surface area (Å²) in [5, 5.41) is 0.827. The van der Waals surface area contributed by atoms with Gasteiger partial charge in [0.2, 0.25) is 0 Å². The van der Waals surface area contributed by atoms with Gasteiger partial charge in [-0.1, -0.05) is 28.1 Å². The zero-order valence-electron chi connectivity index (χ0n) is 9.06. The van der Waals surface area contributed by atoms with Crippen molar-refractivity contribution in [2.45, 2.75) is 25.4 Å². The van der Waals surface area contributed by atoms with Crippen LogP contribution in [-0.4, -0.2) is 11.1 Å². The first-order chi connectivity index (χ1) is 7.95. The third-order valence-corrected chi connectivity index (χ3v) is 2.88. The Morgan fingerprint density at radius 1 is 1.12 bits per heavy atom. The Bertz CT molecular complexity index is 370. The number of rotatable bonds is 5. The molecule has 1 aromatic carbocycles. The van der Waals surface area contributed by atoms with E-state index >= 15 is 0 Å². The van der Waals surface area contributed by atoms with Gasteiger partial charge in [-0.2, -0.15) is 13.2 Å². The van der Waals surface area contributed by atoms with Crippen LogP contribution in [0.4, 0.5) is 13.2 Å². The van der Waals surface area contributed by atoms with Gasteiger partial charge < -0.3 is 0 Å². The Balaban J connectivity index is 2.64. The van der Waals surface area contributed by atoms with Crippen LogP contribution >= 0.6 is 15.9 Å². The number of unbranched alkanes of at least 4 members (excludes halogenated alkanes) is 1. The lowest BCUT2D eigenvalue weighted by Crippen LogP contribution is -2.06. The first-order valence-corrected chi connectivity index (χ1v) is 6.33. The summed E-state index contributed by atoms with van der Waals surface area (Å²) in [5.74, 6) is -0.111. The van der Waals surface area contributed by atoms with Crippen molar-refractivity contribution >= 4 is 21.7 Å². The van der Waals surface area contributed by atoms with E-state index in [1.165, 1.54) is 12.1 Å². The van der Waals surface area contributed by atoms with Gasteiger partial charge in [-0.05, 0) is 25.0 Å². The molecule has 0 aliphatic carbocycles. The first kappa shape index (κ1) is 14.2. The summed E-state index contributed by atoms with van der Waals surface area (Å²) in [6.45, 7) is 0. The van der Waals surface area contributed by atoms with E-state index in [4.69, 9.17) is 0 Å². The third kappa shape index (κ3) is 4.50. The minimum atomic E-state index is -4.35. The molecule has 0 aliphatic rings. The van der Waals surface area contributed by atoms with Gasteiger partial charge in [-0.3, -0.25) is 4.79 Å². The molecule has 1 rings (SSSR count). The first-order valence-electron chi connectivity index (χ1n) is 5.21. The predicted octanol–water partition coefficient (Wildman–Crippen LogP) is 4.45. The smallest absolute Gasteiger partial charge is 0.294 e. The molecular formula is C12H12BrF3O. The Morgan fingerprint density at radius 2 is 1.71 bits per heavy atom. The van der Waals surface area contributed by atoms with E-state index in [2.05, 4.69) is 15.9 Å². The molecule has 0 saturated carbocycles. The number of ketones is 1. The van der Waals surface area contributed by atoms with Crippen LogP contribution in [0.3, 0.4) is 0 Å². The molecule has 0 atom stereocenters. The zero-order chi connectivity index (χ0) is 12.9. The molecular weight excluding hydrogens is 297 g/mol. The van der Waals surface area contributed by atoms with Gasteiger partial charge >= 0.3 is 6.18 Å². The van der Waals surface area contributed by atoms with Crippen molar-refractivity contribution in [3.8, 4) is 0 Å². The molecule has 0 heterocycles. The molecule has 0 spiro atoms. The van der Waals surface area contributed by atoms with Crippen LogP contribution < -0.4 is 0 Å². The summed E-state index contributed by atoms with van der Waals surface area (Å²) >= 11 is 3.25. The summed E-state index contributed by atoms with van der Waals surface area (Å²) in [6, 6.07) is 4.36. The predicted molar refractivity (Wildman–Crippen MR) is 63.4 cm³/mol. The Hall–Kier alpha value is -0.840. The lowest BCUT2D eigenvalue weighted by Gasteiger charge is -2.07. The van der Waals surface area contributed by atoms with Crippen molar-refractivity contribution in [1.82, 2.24) is 0 Å². The molecule has 17 heavy (non-hydrogen) atoms. The quantitative estimate of drug-likeness (QED) is 0.446. The molecule has 0 amide bonds. The van der Waals surface area contributed by atoms with Gasteiger partial charge in [0.25, 0.3) is 0 Å². The average Bonchev–Trinajstić information content (AvgIpc) is 2.28. The Morgan fingerprint density at radius 3 is 2.18 bits per heavy atom. The van der Waals surface area contributed by atoms with Crippen LogP contribution in [-0.2, 0) is 6.18 Å². The van der Waals surface area contributed by atoms with Crippen LogP contribution in [0.5, 0.6) is 0 Å². The lowest BCUT2D eigenvalue weighted by molar-refractivity contribution is -0.137. The third-order valence-electron chi connectivity index (χ3n) is 2.32. The summed E-state index contributed by atoms with van der Waals surface area (Å²) in [4.78, 5) is 11.6. The van der Waals surface area contributed by atoms with Crippen molar-refractivity contribution in [2.24, 2.45) is 0 Å². The number of halogens is 4. The maximum Gasteiger partial charge on any atom is 0.416 e. The molecule has 1 aromatic rings. The Kier molecular flexibility index (Phi) is 5.18. The molecule has 0 N–H and O–H groups in total. The highest BCUT2D eigenvalue weighted by atomic mass is 79.9. The summed E-state index contributed by atoms with van der Waals surface area (Å²) in [5.41, 5.74) is -0.387. The number of carbonyl (C=O) groups excluding carboxylic acids is 1. The number of carbonyl (C=O) groups is 1. The molecule has 0 unspecified atom stereocenters. The van der Waals surface area contributed by atoms with Crippen molar-refractivity contribution in [1.29, 1.82) is 0 Å². The lowest BCUT2D eigenvalue weighted by atomic mass is 10.0. The second-order valence-corrected chi connectivity index (χ2v) is 4.44. The molecule has 0 bridgehead atoms. The van der Waals surface area contributed by atoms with Crippen LogP contribution in [0.1, 0.15) is 35.2 Å². The van der Waals surface area contributed by atoms with Gasteiger partial charge in [0, 0.05) is 17.3 Å². The maximum absolute atomic E-state index is 12.3. The normalized spacial score (nSPS) is 11.5. The van der Waals surface area contributed by atoms with Crippen molar-refractivity contribution in [2.75, 3.05) is 5.33 Å². The van der Waals surface area contributed by atoms with Gasteiger partial charge in [0.15, 0.2) is 5.78 Å². The van der Waals surface area contributed by atoms with E-state index < -0.39 is 11.7 Å². The number of benzene rings is 1. The van der Waals surface area contributed by atoms with E-state index in [0.29, 0.717) is 12.0 Å². The molecule has 0 aliphatic heterocycles. The fraction of sp³-hybridized carbons (Fsp3) is 0.417. The molecule has 0 fully saturated rings. The van der Waals surface area contributed by atoms with E-state index in [0.717, 1.165) is 30.3 Å². The molecule has 0 saturated heterocycles. The van der Waals surface area contributed by atoms with Crippen LogP contribution in [0.2, 0.25) is 0 Å². The fourth-order valence-corrected chi connectivity index (χ4v) is 1.77. The maximum atomic E-state index is 12.3. The van der Waals surface area contributed by atoms with Gasteiger partial charge in [0.1, 0.15) is 0 Å².